The number of ether oxygens (including phenoxy) is 1. The van der Waals surface area contributed by atoms with Gasteiger partial charge in [0, 0.05) is 31.6 Å². The van der Waals surface area contributed by atoms with Gasteiger partial charge in [0.05, 0.1) is 17.6 Å². The molecule has 0 saturated carbocycles. The fourth-order valence-electron chi connectivity index (χ4n) is 1.99. The van der Waals surface area contributed by atoms with E-state index in [-0.39, 0.29) is 0 Å². The third-order valence-corrected chi connectivity index (χ3v) is 2.89. The van der Waals surface area contributed by atoms with Gasteiger partial charge in [-0.3, -0.25) is 9.97 Å². The minimum absolute atomic E-state index is 0.613. The molecule has 1 aromatic carbocycles. The van der Waals surface area contributed by atoms with Crippen molar-refractivity contribution in [2.24, 2.45) is 0 Å². The molecule has 3 aromatic rings. The fraction of sp³-hybridized carbons (Fsp3) is 0.231. The van der Waals surface area contributed by atoms with Crippen molar-refractivity contribution >= 4 is 11.0 Å². The maximum Gasteiger partial charge on any atom is 0.166 e. The normalized spacial score (nSPS) is 11.0. The number of nitrogens with zero attached hydrogens (tertiary/aromatic N) is 5. The summed E-state index contributed by atoms with van der Waals surface area (Å²) in [5, 5.41) is 8.15. The van der Waals surface area contributed by atoms with E-state index >= 15 is 0 Å². The first-order valence-electron chi connectivity index (χ1n) is 5.97. The largest absolute Gasteiger partial charge is 0.383 e. The molecule has 0 saturated heterocycles. The predicted octanol–water partition coefficient (Wildman–Crippen LogP) is 1.53. The minimum Gasteiger partial charge on any atom is -0.383 e. The van der Waals surface area contributed by atoms with E-state index < -0.39 is 0 Å². The Kier molecular flexibility index (Phi) is 3.16. The third-order valence-electron chi connectivity index (χ3n) is 2.89. The Labute approximate surface area is 110 Å². The molecule has 0 N–H and O–H groups in total. The molecule has 3 rings (SSSR count). The fourth-order valence-corrected chi connectivity index (χ4v) is 1.99. The average Bonchev–Trinajstić information content (AvgIpc) is 2.92. The first kappa shape index (κ1) is 11.7. The number of para-hydroxylation sites is 1. The quantitative estimate of drug-likeness (QED) is 0.707. The smallest absolute Gasteiger partial charge is 0.166 e. The van der Waals surface area contributed by atoms with Gasteiger partial charge in [-0.05, 0) is 12.1 Å². The molecular formula is C13H13N5O. The maximum atomic E-state index is 5.09. The number of aromatic nitrogens is 5. The van der Waals surface area contributed by atoms with E-state index in [9.17, 15) is 0 Å². The Hall–Kier alpha value is -2.34. The van der Waals surface area contributed by atoms with Gasteiger partial charge in [0.2, 0.25) is 0 Å². The van der Waals surface area contributed by atoms with Crippen molar-refractivity contribution in [3.8, 4) is 11.4 Å². The van der Waals surface area contributed by atoms with Gasteiger partial charge in [-0.1, -0.05) is 6.07 Å². The summed E-state index contributed by atoms with van der Waals surface area (Å²) in [5.74, 6) is 0.781. The highest BCUT2D eigenvalue weighted by atomic mass is 16.5. The van der Waals surface area contributed by atoms with Gasteiger partial charge in [0.1, 0.15) is 6.33 Å². The van der Waals surface area contributed by atoms with Gasteiger partial charge in [0.25, 0.3) is 0 Å². The molecule has 0 fully saturated rings. The monoisotopic (exact) mass is 255 g/mol. The van der Waals surface area contributed by atoms with Crippen LogP contribution < -0.4 is 0 Å². The lowest BCUT2D eigenvalue weighted by Crippen LogP contribution is -2.05. The second-order valence-corrected chi connectivity index (χ2v) is 4.07. The van der Waals surface area contributed by atoms with Crippen LogP contribution in [0.4, 0.5) is 0 Å². The van der Waals surface area contributed by atoms with Crippen LogP contribution >= 0.6 is 0 Å². The van der Waals surface area contributed by atoms with Gasteiger partial charge in [0.15, 0.2) is 5.82 Å². The number of hydrogen-bond donors (Lipinski definition) is 0. The molecule has 0 bridgehead atoms. The number of rotatable bonds is 4. The zero-order valence-corrected chi connectivity index (χ0v) is 10.5. The van der Waals surface area contributed by atoms with Gasteiger partial charge in [-0.25, -0.2) is 0 Å². The summed E-state index contributed by atoms with van der Waals surface area (Å²) in [7, 11) is 1.67. The van der Waals surface area contributed by atoms with Gasteiger partial charge in [-0.15, -0.1) is 10.2 Å². The van der Waals surface area contributed by atoms with E-state index in [1.54, 1.807) is 25.8 Å². The summed E-state index contributed by atoms with van der Waals surface area (Å²) >= 11 is 0. The molecule has 0 radical (unpaired) electrons. The SMILES string of the molecule is COCCn1cnnc1-c1cccc2nccnc12. The summed E-state index contributed by atoms with van der Waals surface area (Å²) in [5.41, 5.74) is 2.61. The van der Waals surface area contributed by atoms with Crippen LogP contribution in [0.2, 0.25) is 0 Å². The van der Waals surface area contributed by atoms with E-state index in [0.717, 1.165) is 22.4 Å². The van der Waals surface area contributed by atoms with Crippen LogP contribution in [0.1, 0.15) is 0 Å². The van der Waals surface area contributed by atoms with Gasteiger partial charge < -0.3 is 9.30 Å². The Morgan fingerprint density at radius 1 is 1.21 bits per heavy atom. The number of benzene rings is 1. The highest BCUT2D eigenvalue weighted by Crippen LogP contribution is 2.23. The van der Waals surface area contributed by atoms with E-state index in [4.69, 9.17) is 4.74 Å². The molecule has 6 nitrogen and oxygen atoms in total. The van der Waals surface area contributed by atoms with Gasteiger partial charge in [-0.2, -0.15) is 0 Å². The Balaban J connectivity index is 2.12. The summed E-state index contributed by atoms with van der Waals surface area (Å²) in [4.78, 5) is 8.68. The molecule has 0 aliphatic rings. The second-order valence-electron chi connectivity index (χ2n) is 4.07. The van der Waals surface area contributed by atoms with E-state index in [2.05, 4.69) is 20.2 Å². The molecule has 2 heterocycles. The lowest BCUT2D eigenvalue weighted by atomic mass is 10.1. The summed E-state index contributed by atoms with van der Waals surface area (Å²) in [6, 6.07) is 5.85. The molecule has 0 atom stereocenters. The van der Waals surface area contributed by atoms with Crippen molar-refractivity contribution in [1.29, 1.82) is 0 Å². The first-order chi connectivity index (χ1) is 9.40. The first-order valence-corrected chi connectivity index (χ1v) is 5.97. The van der Waals surface area contributed by atoms with Crippen molar-refractivity contribution in [3.05, 3.63) is 36.9 Å². The van der Waals surface area contributed by atoms with Crippen molar-refractivity contribution in [2.45, 2.75) is 6.54 Å². The second kappa shape index (κ2) is 5.11. The molecule has 0 aliphatic carbocycles. The van der Waals surface area contributed by atoms with Crippen LogP contribution in [0.15, 0.2) is 36.9 Å². The summed E-state index contributed by atoms with van der Waals surface area (Å²) in [6.07, 6.45) is 5.06. The van der Waals surface area contributed by atoms with Crippen LogP contribution in [-0.2, 0) is 11.3 Å². The van der Waals surface area contributed by atoms with Crippen molar-refractivity contribution in [1.82, 2.24) is 24.7 Å². The molecule has 0 amide bonds. The summed E-state index contributed by atoms with van der Waals surface area (Å²) < 4.78 is 7.04. The van der Waals surface area contributed by atoms with Crippen LogP contribution in [0, 0.1) is 0 Å². The molecule has 2 aromatic heterocycles. The van der Waals surface area contributed by atoms with E-state index in [1.807, 2.05) is 22.8 Å². The highest BCUT2D eigenvalue weighted by molar-refractivity contribution is 5.89. The Morgan fingerprint density at radius 2 is 2.11 bits per heavy atom. The van der Waals surface area contributed by atoms with Crippen LogP contribution in [-0.4, -0.2) is 38.4 Å². The molecule has 0 unspecified atom stereocenters. The standard InChI is InChI=1S/C13H13N5O/c1-19-8-7-18-9-16-17-13(18)10-3-2-4-11-12(10)15-6-5-14-11/h2-6,9H,7-8H2,1H3. The molecular weight excluding hydrogens is 242 g/mol. The van der Waals surface area contributed by atoms with Crippen molar-refractivity contribution in [3.63, 3.8) is 0 Å². The maximum absolute atomic E-state index is 5.09. The third kappa shape index (κ3) is 2.17. The number of methoxy groups -OCH3 is 1. The number of hydrogen-bond acceptors (Lipinski definition) is 5. The van der Waals surface area contributed by atoms with Crippen LogP contribution in [0.3, 0.4) is 0 Å². The van der Waals surface area contributed by atoms with E-state index in [0.29, 0.717) is 13.2 Å². The molecule has 0 aliphatic heterocycles. The van der Waals surface area contributed by atoms with Crippen molar-refractivity contribution < 1.29 is 4.74 Å². The lowest BCUT2D eigenvalue weighted by molar-refractivity contribution is 0.187. The zero-order valence-electron chi connectivity index (χ0n) is 10.5. The topological polar surface area (TPSA) is 65.7 Å². The molecule has 0 spiro atoms. The lowest BCUT2D eigenvalue weighted by Gasteiger charge is -2.07. The average molecular weight is 255 g/mol. The molecule has 6 heteroatoms. The van der Waals surface area contributed by atoms with Crippen molar-refractivity contribution in [2.75, 3.05) is 13.7 Å². The molecule has 96 valence electrons. The van der Waals surface area contributed by atoms with E-state index in [1.165, 1.54) is 0 Å². The Bertz CT molecular complexity index is 689. The minimum atomic E-state index is 0.613. The number of fused-ring (bicyclic) bond motifs is 1. The molecule has 19 heavy (non-hydrogen) atoms. The zero-order chi connectivity index (χ0) is 13.1. The van der Waals surface area contributed by atoms with Crippen LogP contribution in [0.5, 0.6) is 0 Å². The Morgan fingerprint density at radius 3 is 3.00 bits per heavy atom. The highest BCUT2D eigenvalue weighted by Gasteiger charge is 2.11. The summed E-state index contributed by atoms with van der Waals surface area (Å²) in [6.45, 7) is 1.32. The predicted molar refractivity (Wildman–Crippen MR) is 70.4 cm³/mol. The van der Waals surface area contributed by atoms with Crippen LogP contribution in [0.25, 0.3) is 22.4 Å². The van der Waals surface area contributed by atoms with Gasteiger partial charge >= 0.3 is 0 Å².